The highest BCUT2D eigenvalue weighted by Gasteiger charge is 2.43. The maximum Gasteiger partial charge on any atom is 0.416 e. The highest BCUT2D eigenvalue weighted by atomic mass is 19.4. The summed E-state index contributed by atoms with van der Waals surface area (Å²) in [6, 6.07) is 6.59. The van der Waals surface area contributed by atoms with Gasteiger partial charge in [0, 0.05) is 30.7 Å². The quantitative estimate of drug-likeness (QED) is 0.485. The van der Waals surface area contributed by atoms with E-state index >= 15 is 0 Å². The Bertz CT molecular complexity index is 1190. The zero-order valence-electron chi connectivity index (χ0n) is 20.9. The fraction of sp³-hybridized carbons (Fsp3) is 0.481. The lowest BCUT2D eigenvalue weighted by atomic mass is 9.95. The van der Waals surface area contributed by atoms with E-state index in [1.807, 2.05) is 0 Å². The summed E-state index contributed by atoms with van der Waals surface area (Å²) in [5.41, 5.74) is -2.79. The monoisotopic (exact) mass is 541 g/mol. The number of rotatable bonds is 6. The van der Waals surface area contributed by atoms with Crippen LogP contribution in [-0.4, -0.2) is 48.4 Å². The zero-order valence-corrected chi connectivity index (χ0v) is 20.9. The second-order valence-corrected chi connectivity index (χ2v) is 10.2. The van der Waals surface area contributed by atoms with E-state index in [2.05, 4.69) is 29.4 Å². The minimum Gasteiger partial charge on any atom is -0.351 e. The van der Waals surface area contributed by atoms with Gasteiger partial charge < -0.3 is 15.5 Å². The average Bonchev–Trinajstić information content (AvgIpc) is 3.43. The Hall–Kier alpha value is -3.08. The number of carbonyl (C=O) groups excluding carboxylic acids is 2. The molecule has 0 spiro atoms. The Morgan fingerprint density at radius 2 is 1.63 bits per heavy atom. The molecule has 38 heavy (non-hydrogen) atoms. The van der Waals surface area contributed by atoms with Gasteiger partial charge in [-0.3, -0.25) is 9.59 Å². The molecule has 2 fully saturated rings. The smallest absolute Gasteiger partial charge is 0.351 e. The van der Waals surface area contributed by atoms with Crippen molar-refractivity contribution in [1.82, 2.24) is 15.5 Å². The third kappa shape index (κ3) is 6.14. The number of hydrogen-bond acceptors (Lipinski definition) is 3. The number of halogens is 6. The molecule has 2 aromatic carbocycles. The van der Waals surface area contributed by atoms with E-state index in [-0.39, 0.29) is 17.2 Å². The maximum atomic E-state index is 13.4. The van der Waals surface area contributed by atoms with Crippen LogP contribution in [-0.2, 0) is 17.1 Å². The predicted molar refractivity (Wildman–Crippen MR) is 129 cm³/mol. The summed E-state index contributed by atoms with van der Waals surface area (Å²) in [7, 11) is 0. The maximum absolute atomic E-state index is 13.4. The summed E-state index contributed by atoms with van der Waals surface area (Å²) < 4.78 is 79.7. The van der Waals surface area contributed by atoms with Gasteiger partial charge in [-0.15, -0.1) is 0 Å². The number of hydrogen-bond donors (Lipinski definition) is 2. The molecule has 1 heterocycles. The van der Waals surface area contributed by atoms with Crippen LogP contribution < -0.4 is 10.6 Å². The van der Waals surface area contributed by atoms with Gasteiger partial charge in [0.25, 0.3) is 5.91 Å². The molecule has 1 saturated carbocycles. The number of alkyl halides is 6. The van der Waals surface area contributed by atoms with Gasteiger partial charge in [-0.25, -0.2) is 0 Å². The molecule has 3 atom stereocenters. The van der Waals surface area contributed by atoms with Crippen LogP contribution in [0.4, 0.5) is 26.3 Å². The topological polar surface area (TPSA) is 61.4 Å². The van der Waals surface area contributed by atoms with Crippen molar-refractivity contribution in [3.05, 3.63) is 59.2 Å². The second-order valence-electron chi connectivity index (χ2n) is 10.2. The van der Waals surface area contributed by atoms with Crippen molar-refractivity contribution in [2.45, 2.75) is 51.1 Å². The molecule has 2 N–H and O–H groups in total. The number of amides is 2. The Kier molecular flexibility index (Phi) is 7.79. The molecule has 0 unspecified atom stereocenters. The number of carbonyl (C=O) groups is 2. The first-order chi connectivity index (χ1) is 17.7. The first kappa shape index (κ1) is 27.9. The molecule has 2 aromatic rings. The van der Waals surface area contributed by atoms with Gasteiger partial charge >= 0.3 is 12.4 Å². The fourth-order valence-electron chi connectivity index (χ4n) is 5.44. The van der Waals surface area contributed by atoms with E-state index in [1.165, 1.54) is 6.07 Å². The van der Waals surface area contributed by atoms with Gasteiger partial charge in [0.15, 0.2) is 0 Å². The number of benzene rings is 2. The van der Waals surface area contributed by atoms with Gasteiger partial charge in [0.1, 0.15) is 0 Å². The van der Waals surface area contributed by atoms with E-state index in [1.54, 1.807) is 0 Å². The third-order valence-corrected chi connectivity index (χ3v) is 7.46. The van der Waals surface area contributed by atoms with Crippen molar-refractivity contribution in [2.24, 2.45) is 11.8 Å². The van der Waals surface area contributed by atoms with Gasteiger partial charge in [-0.1, -0.05) is 18.2 Å². The average molecular weight is 542 g/mol. The number of likely N-dealkylation sites (tertiary alicyclic amines) is 1. The molecule has 2 amide bonds. The van der Waals surface area contributed by atoms with E-state index in [0.717, 1.165) is 50.2 Å². The molecule has 11 heteroatoms. The van der Waals surface area contributed by atoms with Crippen LogP contribution >= 0.6 is 0 Å². The zero-order chi connectivity index (χ0) is 27.8. The van der Waals surface area contributed by atoms with Gasteiger partial charge in [0.05, 0.1) is 17.7 Å². The molecule has 1 saturated heterocycles. The van der Waals surface area contributed by atoms with Crippen molar-refractivity contribution in [2.75, 3.05) is 19.6 Å². The van der Waals surface area contributed by atoms with E-state index in [0.29, 0.717) is 30.0 Å². The van der Waals surface area contributed by atoms with Crippen molar-refractivity contribution >= 4 is 11.8 Å². The normalized spacial score (nSPS) is 22.0. The van der Waals surface area contributed by atoms with Crippen LogP contribution in [0.3, 0.4) is 0 Å². The Labute approximate surface area is 216 Å². The molecule has 0 radical (unpaired) electrons. The summed E-state index contributed by atoms with van der Waals surface area (Å²) >= 11 is 0. The minimum atomic E-state index is -4.77. The molecule has 2 aliphatic rings. The summed E-state index contributed by atoms with van der Waals surface area (Å²) in [5, 5.41) is 5.28. The lowest BCUT2D eigenvalue weighted by molar-refractivity contribution is -0.138. The molecule has 0 bridgehead atoms. The molecular formula is C27H29F6N3O2. The van der Waals surface area contributed by atoms with E-state index < -0.39 is 47.4 Å². The van der Waals surface area contributed by atoms with Crippen LogP contribution in [0.25, 0.3) is 11.1 Å². The lowest BCUT2D eigenvalue weighted by Crippen LogP contribution is -2.45. The van der Waals surface area contributed by atoms with Crippen LogP contribution in [0.1, 0.15) is 48.2 Å². The van der Waals surface area contributed by atoms with Crippen LogP contribution in [0.15, 0.2) is 42.5 Å². The summed E-state index contributed by atoms with van der Waals surface area (Å²) in [4.78, 5) is 27.9. The molecule has 5 nitrogen and oxygen atoms in total. The van der Waals surface area contributed by atoms with E-state index in [4.69, 9.17) is 0 Å². The molecule has 206 valence electrons. The van der Waals surface area contributed by atoms with Crippen molar-refractivity contribution in [3.8, 4) is 11.1 Å². The highest BCUT2D eigenvalue weighted by molar-refractivity contribution is 6.02. The predicted octanol–water partition coefficient (Wildman–Crippen LogP) is 5.36. The van der Waals surface area contributed by atoms with E-state index in [9.17, 15) is 35.9 Å². The SMILES string of the molecule is CC(C)N1C[C@H]2CC[C@@H](NC(=O)CNC(=O)c3cc(C(F)(F)F)ccc3-c3cccc(C(F)(F)F)c3)[C@H]2C1. The second kappa shape index (κ2) is 10.6. The minimum absolute atomic E-state index is 0.0534. The Morgan fingerprint density at radius 3 is 2.29 bits per heavy atom. The van der Waals surface area contributed by atoms with Crippen molar-refractivity contribution in [1.29, 1.82) is 0 Å². The molecule has 1 aliphatic carbocycles. The Morgan fingerprint density at radius 1 is 0.947 bits per heavy atom. The first-order valence-corrected chi connectivity index (χ1v) is 12.4. The standard InChI is InChI=1S/C27H29F6N3O2/c1-15(2)36-13-17-6-9-23(22(17)14-36)35-24(37)12-34-25(38)21-11-19(27(31,32)33)7-8-20(21)16-4-3-5-18(10-16)26(28,29)30/h3-5,7-8,10-11,15,17,22-23H,6,9,12-14H2,1-2H3,(H,34,38)(H,35,37)/t17-,22+,23-/m1/s1. The van der Waals surface area contributed by atoms with Crippen LogP contribution in [0, 0.1) is 11.8 Å². The fourth-order valence-corrected chi connectivity index (χ4v) is 5.44. The first-order valence-electron chi connectivity index (χ1n) is 12.4. The van der Waals surface area contributed by atoms with Crippen molar-refractivity contribution in [3.63, 3.8) is 0 Å². The lowest BCUT2D eigenvalue weighted by Gasteiger charge is -2.24. The molecular weight excluding hydrogens is 512 g/mol. The molecule has 4 rings (SSSR count). The molecule has 0 aromatic heterocycles. The largest absolute Gasteiger partial charge is 0.416 e. The number of nitrogens with one attached hydrogen (secondary N) is 2. The summed E-state index contributed by atoms with van der Waals surface area (Å²) in [6.45, 7) is 5.60. The Balaban J connectivity index is 1.49. The molecule has 1 aliphatic heterocycles. The van der Waals surface area contributed by atoms with Crippen LogP contribution in [0.2, 0.25) is 0 Å². The van der Waals surface area contributed by atoms with Gasteiger partial charge in [0.2, 0.25) is 5.91 Å². The summed E-state index contributed by atoms with van der Waals surface area (Å²) in [5.74, 6) is -0.681. The van der Waals surface area contributed by atoms with Gasteiger partial charge in [-0.05, 0) is 73.9 Å². The highest BCUT2D eigenvalue weighted by Crippen LogP contribution is 2.39. The van der Waals surface area contributed by atoms with Crippen LogP contribution in [0.5, 0.6) is 0 Å². The summed E-state index contributed by atoms with van der Waals surface area (Å²) in [6.07, 6.45) is -7.65. The third-order valence-electron chi connectivity index (χ3n) is 7.46. The van der Waals surface area contributed by atoms with Gasteiger partial charge in [-0.2, -0.15) is 26.3 Å². The number of nitrogens with zero attached hydrogens (tertiary/aromatic N) is 1. The number of fused-ring (bicyclic) bond motifs is 1. The van der Waals surface area contributed by atoms with Crippen molar-refractivity contribution < 1.29 is 35.9 Å².